The van der Waals surface area contributed by atoms with E-state index in [2.05, 4.69) is 136 Å². The zero-order valence-electron chi connectivity index (χ0n) is 22.4. The molecule has 4 aromatic carbocycles. The molecule has 0 fully saturated rings. The standard InChI is InChI=1S/2C16H13.C2H6Si.2ClH.Zr/c2*1-12-10-14-8-5-9-15(16(14)11-12)13-6-3-2-4-7-13;1-3-2;;;/h2*2-11H,1H3;1-2H3;2*1H;. The van der Waals surface area contributed by atoms with Gasteiger partial charge in [-0.05, 0) is 0 Å². The molecule has 4 heteroatoms. The second kappa shape index (κ2) is 12.1. The van der Waals surface area contributed by atoms with Gasteiger partial charge in [-0.1, -0.05) is 0 Å². The molecule has 0 N–H and O–H groups in total. The molecule has 2 unspecified atom stereocenters. The SMILES string of the molecule is CC1=Cc2c(-c3ccccc3)cccc2[CH]1[Zr]([CH]1C(C)=Cc2c(-c3ccccc3)cccc21)=[Si](C)C.Cl.Cl. The van der Waals surface area contributed by atoms with E-state index in [9.17, 15) is 0 Å². The van der Waals surface area contributed by atoms with Gasteiger partial charge in [0.05, 0.1) is 0 Å². The Labute approximate surface area is 247 Å². The summed E-state index contributed by atoms with van der Waals surface area (Å²) in [6.45, 7) is 10.1. The van der Waals surface area contributed by atoms with E-state index in [1.165, 1.54) is 33.4 Å². The monoisotopic (exact) mass is 630 g/mol. The number of rotatable bonds is 4. The van der Waals surface area contributed by atoms with E-state index in [0.29, 0.717) is 7.25 Å². The van der Waals surface area contributed by atoms with Gasteiger partial charge in [-0.25, -0.2) is 0 Å². The molecule has 0 spiro atoms. The fraction of sp³-hybridized carbons (Fsp3) is 0.176. The molecule has 0 nitrogen and oxygen atoms in total. The van der Waals surface area contributed by atoms with Crippen molar-refractivity contribution in [2.75, 3.05) is 0 Å². The molecule has 0 amide bonds. The molecular formula is C34H34Cl2SiZr. The summed E-state index contributed by atoms with van der Waals surface area (Å²) in [5.41, 5.74) is 14.4. The van der Waals surface area contributed by atoms with E-state index < -0.39 is 25.8 Å². The summed E-state index contributed by atoms with van der Waals surface area (Å²) in [5.74, 6) is 0. The van der Waals surface area contributed by atoms with E-state index in [4.69, 9.17) is 0 Å². The molecule has 0 aliphatic heterocycles. The number of hydrogen-bond donors (Lipinski definition) is 0. The van der Waals surface area contributed by atoms with Crippen LogP contribution in [0.4, 0.5) is 0 Å². The number of benzene rings is 4. The summed E-state index contributed by atoms with van der Waals surface area (Å²) in [6.07, 6.45) is 5.06. The summed E-state index contributed by atoms with van der Waals surface area (Å²) >= 11 is -2.04. The van der Waals surface area contributed by atoms with E-state index in [0.717, 1.165) is 0 Å². The van der Waals surface area contributed by atoms with Gasteiger partial charge in [0.2, 0.25) is 0 Å². The number of fused-ring (bicyclic) bond motifs is 2. The third-order valence-corrected chi connectivity index (χ3v) is 27.8. The molecule has 2 aliphatic carbocycles. The minimum absolute atomic E-state index is 0. The molecule has 0 aromatic heterocycles. The van der Waals surface area contributed by atoms with E-state index >= 15 is 0 Å². The summed E-state index contributed by atoms with van der Waals surface area (Å²) in [6, 6.07) is 36.0. The third-order valence-electron chi connectivity index (χ3n) is 7.93. The average Bonchev–Trinajstić information content (AvgIpc) is 3.41. The summed E-state index contributed by atoms with van der Waals surface area (Å²) in [7, 11) is 0. The summed E-state index contributed by atoms with van der Waals surface area (Å²) < 4.78 is 1.32. The normalized spacial score (nSPS) is 16.8. The number of halogens is 2. The second-order valence-corrected chi connectivity index (χ2v) is 28.3. The van der Waals surface area contributed by atoms with Crippen molar-refractivity contribution in [1.29, 1.82) is 0 Å². The topological polar surface area (TPSA) is 0 Å². The van der Waals surface area contributed by atoms with Crippen LogP contribution in [0.3, 0.4) is 0 Å². The Bertz CT molecular complexity index is 1450. The van der Waals surface area contributed by atoms with Crippen LogP contribution < -0.4 is 0 Å². The molecule has 2 aliphatic rings. The predicted octanol–water partition coefficient (Wildman–Crippen LogP) is 10.3. The molecule has 0 heterocycles. The van der Waals surface area contributed by atoms with Crippen molar-refractivity contribution < 1.29 is 20.4 Å². The van der Waals surface area contributed by atoms with E-state index in [1.807, 2.05) is 0 Å². The van der Waals surface area contributed by atoms with Crippen molar-refractivity contribution in [2.45, 2.75) is 34.2 Å². The van der Waals surface area contributed by atoms with Crippen molar-refractivity contribution in [3.05, 3.63) is 130 Å². The minimum Gasteiger partial charge on any atom is -0.147 e. The number of allylic oxidation sites excluding steroid dienone is 2. The Morgan fingerprint density at radius 3 is 1.29 bits per heavy atom. The molecule has 0 radical (unpaired) electrons. The third kappa shape index (κ3) is 5.02. The van der Waals surface area contributed by atoms with Crippen molar-refractivity contribution in [1.82, 2.24) is 0 Å². The van der Waals surface area contributed by atoms with E-state index in [-0.39, 0.29) is 24.8 Å². The van der Waals surface area contributed by atoms with Crippen LogP contribution in [0.2, 0.25) is 13.1 Å². The summed E-state index contributed by atoms with van der Waals surface area (Å²) in [4.78, 5) is 0. The molecule has 2 atom stereocenters. The first-order valence-corrected chi connectivity index (χ1v) is 22.0. The van der Waals surface area contributed by atoms with Crippen molar-refractivity contribution in [3.8, 4) is 22.3 Å². The van der Waals surface area contributed by atoms with Gasteiger partial charge >= 0.3 is 225 Å². The average molecular weight is 633 g/mol. The van der Waals surface area contributed by atoms with Crippen LogP contribution in [0, 0.1) is 0 Å². The smallest absolute Gasteiger partial charge is 0.147 e. The van der Waals surface area contributed by atoms with Crippen LogP contribution in [0.1, 0.15) is 43.4 Å². The Hall–Kier alpha value is -1.96. The van der Waals surface area contributed by atoms with E-state index in [1.54, 1.807) is 22.3 Å². The largest absolute Gasteiger partial charge is 0.147 e. The maximum absolute atomic E-state index is 2.61. The first-order chi connectivity index (χ1) is 17.5. The fourth-order valence-electron chi connectivity index (χ4n) is 6.41. The molecule has 6 rings (SSSR count). The molecule has 4 aromatic rings. The Morgan fingerprint density at radius 1 is 0.526 bits per heavy atom. The Morgan fingerprint density at radius 2 is 0.921 bits per heavy atom. The Kier molecular flexibility index (Phi) is 9.21. The van der Waals surface area contributed by atoms with Crippen LogP contribution in [-0.2, 0) is 20.4 Å². The first-order valence-electron chi connectivity index (χ1n) is 12.9. The van der Waals surface area contributed by atoms with Gasteiger partial charge in [0.1, 0.15) is 0 Å². The van der Waals surface area contributed by atoms with Crippen LogP contribution in [0.25, 0.3) is 34.4 Å². The molecule has 38 heavy (non-hydrogen) atoms. The molecule has 192 valence electrons. The number of hydrogen-bond acceptors (Lipinski definition) is 0. The van der Waals surface area contributed by atoms with Gasteiger partial charge in [0, 0.05) is 0 Å². The van der Waals surface area contributed by atoms with Gasteiger partial charge in [0.15, 0.2) is 0 Å². The predicted molar refractivity (Wildman–Crippen MR) is 169 cm³/mol. The van der Waals surface area contributed by atoms with Gasteiger partial charge in [0.25, 0.3) is 0 Å². The first kappa shape index (κ1) is 29.0. The zero-order chi connectivity index (χ0) is 24.8. The maximum atomic E-state index is 2.61. The zero-order valence-corrected chi connectivity index (χ0v) is 27.5. The van der Waals surface area contributed by atoms with Crippen molar-refractivity contribution in [2.24, 2.45) is 0 Å². The quantitative estimate of drug-likeness (QED) is 0.196. The van der Waals surface area contributed by atoms with Crippen molar-refractivity contribution >= 4 is 42.4 Å². The fourth-order valence-corrected chi connectivity index (χ4v) is 27.1. The van der Waals surface area contributed by atoms with Gasteiger partial charge in [-0.3, -0.25) is 0 Å². The van der Waals surface area contributed by atoms with Crippen molar-refractivity contribution in [3.63, 3.8) is 0 Å². The second-order valence-electron chi connectivity index (χ2n) is 10.4. The molecular weight excluding hydrogens is 599 g/mol. The molecule has 0 bridgehead atoms. The minimum atomic E-state index is -2.04. The maximum Gasteiger partial charge on any atom is -0.147 e. The summed E-state index contributed by atoms with van der Waals surface area (Å²) in [5, 5.41) is 0. The molecule has 0 saturated carbocycles. The van der Waals surface area contributed by atoms with Crippen LogP contribution in [-0.4, -0.2) is 5.43 Å². The Balaban J connectivity index is 0.00000168. The molecule has 0 saturated heterocycles. The van der Waals surface area contributed by atoms with Crippen LogP contribution in [0.5, 0.6) is 0 Å². The van der Waals surface area contributed by atoms with Gasteiger partial charge in [-0.2, -0.15) is 0 Å². The van der Waals surface area contributed by atoms with Gasteiger partial charge < -0.3 is 0 Å². The van der Waals surface area contributed by atoms with Crippen LogP contribution in [0.15, 0.2) is 108 Å². The van der Waals surface area contributed by atoms with Gasteiger partial charge in [-0.15, -0.1) is 24.8 Å². The van der Waals surface area contributed by atoms with Crippen LogP contribution >= 0.6 is 24.8 Å².